The maximum Gasteiger partial charge on any atom is 0.239 e. The average molecular weight is 438 g/mol. The number of thioether (sulfide) groups is 1. The van der Waals surface area contributed by atoms with Gasteiger partial charge in [-0.25, -0.2) is 0 Å². The molecule has 1 aromatic carbocycles. The molecule has 0 N–H and O–H groups in total. The molecule has 9 heteroatoms. The van der Waals surface area contributed by atoms with Gasteiger partial charge in [0.25, 0.3) is 0 Å². The first-order chi connectivity index (χ1) is 13.2. The molecule has 1 atom stereocenters. The van der Waals surface area contributed by atoms with Crippen LogP contribution in [0.2, 0.25) is 10.0 Å². The second-order valence-corrected chi connectivity index (χ2v) is 9.45. The van der Waals surface area contributed by atoms with Crippen molar-refractivity contribution in [3.8, 4) is 11.4 Å². The smallest absolute Gasteiger partial charge is 0.239 e. The summed E-state index contributed by atoms with van der Waals surface area (Å²) in [6.07, 6.45) is 1.79. The van der Waals surface area contributed by atoms with E-state index in [0.717, 1.165) is 5.56 Å². The molecule has 0 amide bonds. The molecule has 0 saturated heterocycles. The van der Waals surface area contributed by atoms with Crippen LogP contribution in [-0.4, -0.2) is 24.9 Å². The highest BCUT2D eigenvalue weighted by molar-refractivity contribution is 7.99. The van der Waals surface area contributed by atoms with Crippen molar-refractivity contribution in [1.29, 1.82) is 0 Å². The van der Waals surface area contributed by atoms with Crippen molar-refractivity contribution in [2.45, 2.75) is 50.1 Å². The van der Waals surface area contributed by atoms with E-state index in [1.165, 1.54) is 11.8 Å². The molecular formula is C19H21Cl2N5OS. The molecule has 0 fully saturated rings. The highest BCUT2D eigenvalue weighted by atomic mass is 35.5. The Morgan fingerprint density at radius 2 is 2.04 bits per heavy atom. The zero-order valence-electron chi connectivity index (χ0n) is 16.1. The second-order valence-electron chi connectivity index (χ2n) is 7.30. The van der Waals surface area contributed by atoms with Crippen LogP contribution < -0.4 is 0 Å². The summed E-state index contributed by atoms with van der Waals surface area (Å²) in [6.45, 7) is 12.5. The molecule has 0 aliphatic carbocycles. The lowest BCUT2D eigenvalue weighted by Gasteiger charge is -2.12. The van der Waals surface area contributed by atoms with Gasteiger partial charge in [-0.05, 0) is 25.1 Å². The number of rotatable bonds is 6. The Hall–Kier alpha value is -1.83. The lowest BCUT2D eigenvalue weighted by atomic mass is 9.96. The molecule has 148 valence electrons. The van der Waals surface area contributed by atoms with Gasteiger partial charge in [-0.1, -0.05) is 67.0 Å². The third-order valence-electron chi connectivity index (χ3n) is 3.94. The van der Waals surface area contributed by atoms with Gasteiger partial charge >= 0.3 is 0 Å². The molecule has 28 heavy (non-hydrogen) atoms. The third kappa shape index (κ3) is 4.42. The summed E-state index contributed by atoms with van der Waals surface area (Å²) in [4.78, 5) is 4.53. The number of hydrogen-bond acceptors (Lipinski definition) is 6. The van der Waals surface area contributed by atoms with Gasteiger partial charge in [-0.2, -0.15) is 4.98 Å². The fourth-order valence-electron chi connectivity index (χ4n) is 2.45. The molecule has 0 aliphatic heterocycles. The van der Waals surface area contributed by atoms with E-state index >= 15 is 0 Å². The number of aromatic nitrogens is 5. The highest BCUT2D eigenvalue weighted by Crippen LogP contribution is 2.37. The van der Waals surface area contributed by atoms with E-state index in [1.807, 2.05) is 38.3 Å². The van der Waals surface area contributed by atoms with Crippen molar-refractivity contribution in [3.63, 3.8) is 0 Å². The molecule has 3 rings (SSSR count). The molecular weight excluding hydrogens is 417 g/mol. The van der Waals surface area contributed by atoms with Crippen molar-refractivity contribution in [3.05, 3.63) is 52.6 Å². The van der Waals surface area contributed by atoms with Gasteiger partial charge in [0, 0.05) is 22.5 Å². The number of benzene rings is 1. The van der Waals surface area contributed by atoms with Crippen LogP contribution in [0.4, 0.5) is 0 Å². The van der Waals surface area contributed by atoms with E-state index in [9.17, 15) is 0 Å². The van der Waals surface area contributed by atoms with Crippen LogP contribution >= 0.6 is 35.0 Å². The van der Waals surface area contributed by atoms with Crippen LogP contribution in [0.3, 0.4) is 0 Å². The summed E-state index contributed by atoms with van der Waals surface area (Å²) in [5, 5.41) is 14.5. The molecule has 0 radical (unpaired) electrons. The molecule has 0 aliphatic rings. The van der Waals surface area contributed by atoms with Crippen LogP contribution in [0.15, 0.2) is 40.5 Å². The Kier molecular flexibility index (Phi) is 6.17. The number of halogens is 2. The van der Waals surface area contributed by atoms with Crippen molar-refractivity contribution in [2.24, 2.45) is 0 Å². The Balaban J connectivity index is 1.91. The van der Waals surface area contributed by atoms with E-state index < -0.39 is 0 Å². The Bertz CT molecular complexity index is 993. The van der Waals surface area contributed by atoms with E-state index in [0.29, 0.717) is 39.3 Å². The van der Waals surface area contributed by atoms with Crippen LogP contribution in [0.25, 0.3) is 11.4 Å². The van der Waals surface area contributed by atoms with Crippen LogP contribution in [0, 0.1) is 0 Å². The van der Waals surface area contributed by atoms with Gasteiger partial charge in [0.2, 0.25) is 5.89 Å². The normalized spacial score (nSPS) is 12.9. The molecule has 0 saturated carbocycles. The third-order valence-corrected chi connectivity index (χ3v) is 5.56. The largest absolute Gasteiger partial charge is 0.338 e. The van der Waals surface area contributed by atoms with E-state index in [2.05, 4.69) is 26.9 Å². The second kappa shape index (κ2) is 8.27. The zero-order chi connectivity index (χ0) is 20.5. The Labute approximate surface area is 178 Å². The summed E-state index contributed by atoms with van der Waals surface area (Å²) < 4.78 is 7.40. The van der Waals surface area contributed by atoms with E-state index in [-0.39, 0.29) is 10.7 Å². The van der Waals surface area contributed by atoms with Crippen molar-refractivity contribution >= 4 is 35.0 Å². The molecule has 3 aromatic rings. The predicted octanol–water partition coefficient (Wildman–Crippen LogP) is 5.97. The van der Waals surface area contributed by atoms with E-state index in [4.69, 9.17) is 27.7 Å². The van der Waals surface area contributed by atoms with Crippen molar-refractivity contribution in [2.75, 3.05) is 0 Å². The maximum atomic E-state index is 6.36. The molecule has 0 bridgehead atoms. The van der Waals surface area contributed by atoms with Gasteiger partial charge < -0.3 is 4.52 Å². The predicted molar refractivity (Wildman–Crippen MR) is 113 cm³/mol. The molecule has 2 aromatic heterocycles. The number of allylic oxidation sites excluding steroid dienone is 1. The first kappa shape index (κ1) is 20.9. The van der Waals surface area contributed by atoms with Crippen LogP contribution in [0.1, 0.15) is 44.7 Å². The first-order valence-corrected chi connectivity index (χ1v) is 10.3. The molecule has 2 heterocycles. The number of nitrogens with zero attached hydrogens (tertiary/aromatic N) is 5. The van der Waals surface area contributed by atoms with Gasteiger partial charge in [-0.15, -0.1) is 16.8 Å². The van der Waals surface area contributed by atoms with Crippen LogP contribution in [0.5, 0.6) is 0 Å². The minimum Gasteiger partial charge on any atom is -0.338 e. The Morgan fingerprint density at radius 1 is 1.29 bits per heavy atom. The fourth-order valence-corrected chi connectivity index (χ4v) is 3.84. The summed E-state index contributed by atoms with van der Waals surface area (Å²) in [5.41, 5.74) is 0.584. The van der Waals surface area contributed by atoms with Crippen molar-refractivity contribution < 1.29 is 4.52 Å². The van der Waals surface area contributed by atoms with Crippen LogP contribution in [-0.2, 0) is 12.0 Å². The summed E-state index contributed by atoms with van der Waals surface area (Å²) in [5.74, 6) is 1.88. The minimum atomic E-state index is -0.173. The summed E-state index contributed by atoms with van der Waals surface area (Å²) in [7, 11) is 0. The van der Waals surface area contributed by atoms with Crippen molar-refractivity contribution in [1.82, 2.24) is 24.9 Å². The first-order valence-electron chi connectivity index (χ1n) is 8.71. The lowest BCUT2D eigenvalue weighted by Crippen LogP contribution is -2.13. The van der Waals surface area contributed by atoms with Gasteiger partial charge in [0.05, 0.1) is 10.3 Å². The SMILES string of the molecule is C=CCn1c(SC(C)c2nc(C(C)(C)C)no2)nnc1-c1ccc(Cl)cc1Cl. The maximum absolute atomic E-state index is 6.36. The lowest BCUT2D eigenvalue weighted by molar-refractivity contribution is 0.364. The molecule has 6 nitrogen and oxygen atoms in total. The molecule has 1 unspecified atom stereocenters. The zero-order valence-corrected chi connectivity index (χ0v) is 18.4. The van der Waals surface area contributed by atoms with Gasteiger partial charge in [-0.3, -0.25) is 4.57 Å². The highest BCUT2D eigenvalue weighted by Gasteiger charge is 2.25. The number of hydrogen-bond donors (Lipinski definition) is 0. The van der Waals surface area contributed by atoms with E-state index in [1.54, 1.807) is 18.2 Å². The standard InChI is InChI=1S/C19H21Cl2N5OS/c1-6-9-26-15(13-8-7-12(20)10-14(13)21)23-24-18(26)28-11(2)16-22-17(25-27-16)19(3,4)5/h6-8,10-11H,1,9H2,2-5H3. The topological polar surface area (TPSA) is 69.6 Å². The molecule has 0 spiro atoms. The quantitative estimate of drug-likeness (QED) is 0.349. The average Bonchev–Trinajstić information content (AvgIpc) is 3.24. The summed E-state index contributed by atoms with van der Waals surface area (Å²) >= 11 is 13.9. The Morgan fingerprint density at radius 3 is 2.64 bits per heavy atom. The summed E-state index contributed by atoms with van der Waals surface area (Å²) in [6, 6.07) is 5.30. The monoisotopic (exact) mass is 437 g/mol. The van der Waals surface area contributed by atoms with Gasteiger partial charge in [0.1, 0.15) is 0 Å². The van der Waals surface area contributed by atoms with Gasteiger partial charge in [0.15, 0.2) is 16.8 Å². The fraction of sp³-hybridized carbons (Fsp3) is 0.368. The minimum absolute atomic E-state index is 0.0927.